The fourth-order valence-electron chi connectivity index (χ4n) is 0.718. The zero-order valence-electron chi connectivity index (χ0n) is 6.09. The molecule has 0 amide bonds. The molecule has 0 heterocycles. The topological polar surface area (TPSA) is 64.4 Å². The summed E-state index contributed by atoms with van der Waals surface area (Å²) < 4.78 is 13.4. The molecule has 3 nitrogen and oxygen atoms in total. The molecule has 0 bridgehead atoms. The van der Waals surface area contributed by atoms with Crippen molar-refractivity contribution in [3.63, 3.8) is 0 Å². The Kier molecular flexibility index (Phi) is 2.65. The molecule has 0 saturated carbocycles. The van der Waals surface area contributed by atoms with Crippen molar-refractivity contribution in [1.82, 2.24) is 0 Å². The van der Waals surface area contributed by atoms with Gasteiger partial charge in [-0.2, -0.15) is 0 Å². The van der Waals surface area contributed by atoms with Crippen LogP contribution in [-0.4, -0.2) is 5.96 Å². The summed E-state index contributed by atoms with van der Waals surface area (Å²) in [5.74, 6) is -0.627. The van der Waals surface area contributed by atoms with Crippen LogP contribution in [0.4, 0.5) is 10.1 Å². The molecule has 0 aromatic heterocycles. The highest BCUT2D eigenvalue weighted by atomic mass is 79.9. The third kappa shape index (κ3) is 1.94. The monoisotopic (exact) mass is 231 g/mol. The van der Waals surface area contributed by atoms with Crippen molar-refractivity contribution >= 4 is 27.6 Å². The zero-order chi connectivity index (χ0) is 9.14. The third-order valence-corrected chi connectivity index (χ3v) is 1.79. The Labute approximate surface area is 77.4 Å². The van der Waals surface area contributed by atoms with Crippen LogP contribution >= 0.6 is 15.9 Å². The van der Waals surface area contributed by atoms with E-state index in [0.29, 0.717) is 4.47 Å². The average molecular weight is 232 g/mol. The molecule has 1 rings (SSSR count). The first-order chi connectivity index (χ1) is 5.61. The van der Waals surface area contributed by atoms with Gasteiger partial charge in [0.25, 0.3) is 0 Å². The predicted octanol–water partition coefficient (Wildman–Crippen LogP) is 1.49. The molecule has 1 aromatic carbocycles. The van der Waals surface area contributed by atoms with E-state index in [0.717, 1.165) is 0 Å². The van der Waals surface area contributed by atoms with Gasteiger partial charge in [0.15, 0.2) is 11.8 Å². The highest BCUT2D eigenvalue weighted by molar-refractivity contribution is 9.10. The van der Waals surface area contributed by atoms with Crippen LogP contribution in [0.5, 0.6) is 0 Å². The van der Waals surface area contributed by atoms with Gasteiger partial charge in [0.2, 0.25) is 0 Å². The summed E-state index contributed by atoms with van der Waals surface area (Å²) in [6, 6.07) is 4.70. The van der Waals surface area contributed by atoms with Gasteiger partial charge in [-0.25, -0.2) is 9.38 Å². The standard InChI is InChI=1S/C7H7BrFN3/c8-4-2-1-3-5(6(4)9)12-7(10)11/h1-3H,(H4,10,11,12). The Balaban J connectivity index is 3.17. The lowest BCUT2D eigenvalue weighted by Gasteiger charge is -1.98. The Morgan fingerprint density at radius 2 is 2.08 bits per heavy atom. The van der Waals surface area contributed by atoms with E-state index in [1.54, 1.807) is 12.1 Å². The van der Waals surface area contributed by atoms with Gasteiger partial charge in [0.1, 0.15) is 5.69 Å². The molecule has 0 aliphatic rings. The van der Waals surface area contributed by atoms with Crippen LogP contribution in [0.1, 0.15) is 0 Å². The molecular weight excluding hydrogens is 225 g/mol. The molecule has 1 aromatic rings. The number of aliphatic imine (C=N–C) groups is 1. The largest absolute Gasteiger partial charge is 0.370 e. The fourth-order valence-corrected chi connectivity index (χ4v) is 1.07. The minimum Gasteiger partial charge on any atom is -0.370 e. The van der Waals surface area contributed by atoms with Crippen molar-refractivity contribution in [3.05, 3.63) is 28.5 Å². The number of nitrogens with two attached hydrogens (primary N) is 2. The maximum Gasteiger partial charge on any atom is 0.191 e. The van der Waals surface area contributed by atoms with Crippen LogP contribution < -0.4 is 11.5 Å². The van der Waals surface area contributed by atoms with Crippen molar-refractivity contribution in [2.45, 2.75) is 0 Å². The summed E-state index contributed by atoms with van der Waals surface area (Å²) in [6.07, 6.45) is 0. The second-order valence-corrected chi connectivity index (χ2v) is 2.96. The van der Waals surface area contributed by atoms with Gasteiger partial charge in [-0.05, 0) is 28.1 Å². The Morgan fingerprint density at radius 1 is 1.42 bits per heavy atom. The minimum absolute atomic E-state index is 0.129. The second kappa shape index (κ2) is 3.53. The van der Waals surface area contributed by atoms with E-state index >= 15 is 0 Å². The lowest BCUT2D eigenvalue weighted by molar-refractivity contribution is 0.623. The summed E-state index contributed by atoms with van der Waals surface area (Å²) >= 11 is 3.01. The fraction of sp³-hybridized carbons (Fsp3) is 0. The molecule has 5 heteroatoms. The molecule has 0 spiro atoms. The van der Waals surface area contributed by atoms with Crippen LogP contribution in [0.2, 0.25) is 0 Å². The van der Waals surface area contributed by atoms with Crippen LogP contribution in [0.3, 0.4) is 0 Å². The molecule has 0 saturated heterocycles. The van der Waals surface area contributed by atoms with Gasteiger partial charge in [0, 0.05) is 0 Å². The number of benzene rings is 1. The number of guanidine groups is 1. The molecule has 0 fully saturated rings. The van der Waals surface area contributed by atoms with E-state index < -0.39 is 5.82 Å². The number of halogens is 2. The molecule has 0 aliphatic carbocycles. The van der Waals surface area contributed by atoms with Crippen molar-refractivity contribution in [1.29, 1.82) is 0 Å². The van der Waals surface area contributed by atoms with E-state index in [1.165, 1.54) is 6.07 Å². The molecule has 64 valence electrons. The number of rotatable bonds is 1. The highest BCUT2D eigenvalue weighted by Gasteiger charge is 2.03. The second-order valence-electron chi connectivity index (χ2n) is 2.11. The number of nitrogens with zero attached hydrogens (tertiary/aromatic N) is 1. The quantitative estimate of drug-likeness (QED) is 0.569. The molecular formula is C7H7BrFN3. The minimum atomic E-state index is -0.467. The van der Waals surface area contributed by atoms with E-state index in [-0.39, 0.29) is 11.6 Å². The summed E-state index contributed by atoms with van der Waals surface area (Å²) in [5.41, 5.74) is 10.3. The Bertz CT molecular complexity index is 320. The van der Waals surface area contributed by atoms with Crippen molar-refractivity contribution in [2.75, 3.05) is 0 Å². The molecule has 0 aliphatic heterocycles. The van der Waals surface area contributed by atoms with E-state index in [1.807, 2.05) is 0 Å². The third-order valence-electron chi connectivity index (χ3n) is 1.18. The first-order valence-electron chi connectivity index (χ1n) is 3.15. The van der Waals surface area contributed by atoms with Gasteiger partial charge in [-0.3, -0.25) is 0 Å². The van der Waals surface area contributed by atoms with Crippen molar-refractivity contribution in [2.24, 2.45) is 16.5 Å². The van der Waals surface area contributed by atoms with Crippen molar-refractivity contribution in [3.8, 4) is 0 Å². The first kappa shape index (κ1) is 8.99. The number of hydrogen-bond donors (Lipinski definition) is 2. The lowest BCUT2D eigenvalue weighted by atomic mass is 10.3. The summed E-state index contributed by atoms with van der Waals surface area (Å²) in [4.78, 5) is 3.59. The summed E-state index contributed by atoms with van der Waals surface area (Å²) in [5, 5.41) is 0. The zero-order valence-corrected chi connectivity index (χ0v) is 7.68. The summed E-state index contributed by atoms with van der Waals surface area (Å²) in [7, 11) is 0. The molecule has 12 heavy (non-hydrogen) atoms. The molecule has 0 radical (unpaired) electrons. The van der Waals surface area contributed by atoms with Crippen LogP contribution in [0.15, 0.2) is 27.7 Å². The normalized spacial score (nSPS) is 9.50. The van der Waals surface area contributed by atoms with Gasteiger partial charge < -0.3 is 11.5 Å². The predicted molar refractivity (Wildman–Crippen MR) is 49.6 cm³/mol. The maximum atomic E-state index is 13.1. The van der Waals surface area contributed by atoms with Gasteiger partial charge in [-0.15, -0.1) is 0 Å². The van der Waals surface area contributed by atoms with Crippen molar-refractivity contribution < 1.29 is 4.39 Å². The SMILES string of the molecule is NC(N)=Nc1cccc(Br)c1F. The van der Waals surface area contributed by atoms with Gasteiger partial charge in [0.05, 0.1) is 4.47 Å². The smallest absolute Gasteiger partial charge is 0.191 e. The van der Waals surface area contributed by atoms with Crippen LogP contribution in [0.25, 0.3) is 0 Å². The van der Waals surface area contributed by atoms with E-state index in [4.69, 9.17) is 11.5 Å². The Morgan fingerprint density at radius 3 is 2.67 bits per heavy atom. The van der Waals surface area contributed by atoms with Gasteiger partial charge >= 0.3 is 0 Å². The number of hydrogen-bond acceptors (Lipinski definition) is 1. The van der Waals surface area contributed by atoms with E-state index in [2.05, 4.69) is 20.9 Å². The maximum absolute atomic E-state index is 13.1. The lowest BCUT2D eigenvalue weighted by Crippen LogP contribution is -2.22. The molecule has 0 atom stereocenters. The van der Waals surface area contributed by atoms with E-state index in [9.17, 15) is 4.39 Å². The van der Waals surface area contributed by atoms with Gasteiger partial charge in [-0.1, -0.05) is 6.07 Å². The first-order valence-corrected chi connectivity index (χ1v) is 3.94. The highest BCUT2D eigenvalue weighted by Crippen LogP contribution is 2.24. The Hall–Kier alpha value is -1.10. The van der Waals surface area contributed by atoms with Crippen LogP contribution in [-0.2, 0) is 0 Å². The average Bonchev–Trinajstić information content (AvgIpc) is 1.98. The van der Waals surface area contributed by atoms with Crippen LogP contribution in [0, 0.1) is 5.82 Å². The molecule has 4 N–H and O–H groups in total. The summed E-state index contributed by atoms with van der Waals surface area (Å²) in [6.45, 7) is 0. The molecule has 0 unspecified atom stereocenters.